The van der Waals surface area contributed by atoms with Gasteiger partial charge >= 0.3 is 0 Å². The zero-order chi connectivity index (χ0) is 15.2. The van der Waals surface area contributed by atoms with Gasteiger partial charge in [-0.25, -0.2) is 9.97 Å². The van der Waals surface area contributed by atoms with Crippen LogP contribution in [0.1, 0.15) is 24.6 Å². The summed E-state index contributed by atoms with van der Waals surface area (Å²) < 4.78 is 5.79. The minimum atomic E-state index is 0.643. The standard InChI is InChI=1S/C16H17N5S2/c1-2-4-13-12(3-1)17-15(22-13)20-7-9-21(10-8-20)16-18-14(19-23-16)11-5-6-11/h1-4,11H,5-10H2. The average Bonchev–Trinajstić information content (AvgIpc) is 3.17. The molecule has 3 heterocycles. The molecule has 1 saturated heterocycles. The molecule has 2 fully saturated rings. The summed E-state index contributed by atoms with van der Waals surface area (Å²) in [5, 5.41) is 2.23. The van der Waals surface area contributed by atoms with Gasteiger partial charge < -0.3 is 9.80 Å². The second-order valence-corrected chi connectivity index (χ2v) is 7.89. The molecule has 0 N–H and O–H groups in total. The van der Waals surface area contributed by atoms with E-state index in [1.165, 1.54) is 17.5 Å². The van der Waals surface area contributed by atoms with Gasteiger partial charge in [0.15, 0.2) is 5.13 Å². The van der Waals surface area contributed by atoms with Crippen LogP contribution in [-0.4, -0.2) is 40.5 Å². The smallest absolute Gasteiger partial charge is 0.205 e. The SMILES string of the molecule is c1ccc2sc(N3CCN(c4nc(C5CC5)ns4)CC3)nc2c1. The van der Waals surface area contributed by atoms with Gasteiger partial charge in [-0.2, -0.15) is 4.37 Å². The van der Waals surface area contributed by atoms with Crippen LogP contribution >= 0.6 is 22.9 Å². The van der Waals surface area contributed by atoms with E-state index in [0.717, 1.165) is 47.8 Å². The van der Waals surface area contributed by atoms with Gasteiger partial charge in [-0.15, -0.1) is 0 Å². The van der Waals surface area contributed by atoms with Gasteiger partial charge in [0.1, 0.15) is 5.82 Å². The molecule has 118 valence electrons. The first-order valence-electron chi connectivity index (χ1n) is 8.06. The molecule has 3 aromatic rings. The highest BCUT2D eigenvalue weighted by atomic mass is 32.1. The van der Waals surface area contributed by atoms with Gasteiger partial charge in [-0.05, 0) is 25.0 Å². The molecule has 0 radical (unpaired) electrons. The highest BCUT2D eigenvalue weighted by Crippen LogP contribution is 2.40. The van der Waals surface area contributed by atoms with Gasteiger partial charge in [0.05, 0.1) is 10.2 Å². The van der Waals surface area contributed by atoms with Gasteiger partial charge in [0, 0.05) is 43.6 Å². The minimum absolute atomic E-state index is 0.643. The van der Waals surface area contributed by atoms with Crippen molar-refractivity contribution in [3.05, 3.63) is 30.1 Å². The van der Waals surface area contributed by atoms with E-state index in [1.54, 1.807) is 22.9 Å². The Morgan fingerprint density at radius 2 is 1.65 bits per heavy atom. The van der Waals surface area contributed by atoms with E-state index in [9.17, 15) is 0 Å². The van der Waals surface area contributed by atoms with Gasteiger partial charge in [0.2, 0.25) is 5.13 Å². The third kappa shape index (κ3) is 2.57. The Morgan fingerprint density at radius 3 is 2.39 bits per heavy atom. The van der Waals surface area contributed by atoms with E-state index >= 15 is 0 Å². The summed E-state index contributed by atoms with van der Waals surface area (Å²) in [6, 6.07) is 8.37. The maximum Gasteiger partial charge on any atom is 0.205 e. The molecule has 0 amide bonds. The molecule has 1 saturated carbocycles. The van der Waals surface area contributed by atoms with Crippen LogP contribution in [0, 0.1) is 0 Å². The number of rotatable bonds is 3. The number of benzene rings is 1. The molecule has 1 aliphatic heterocycles. The molecule has 5 rings (SSSR count). The number of aromatic nitrogens is 3. The lowest BCUT2D eigenvalue weighted by Crippen LogP contribution is -2.46. The molecule has 0 bridgehead atoms. The second-order valence-electron chi connectivity index (χ2n) is 6.15. The first kappa shape index (κ1) is 13.7. The van der Waals surface area contributed by atoms with Crippen LogP contribution in [0.4, 0.5) is 10.3 Å². The Morgan fingerprint density at radius 1 is 0.913 bits per heavy atom. The van der Waals surface area contributed by atoms with Crippen molar-refractivity contribution in [2.24, 2.45) is 0 Å². The van der Waals surface area contributed by atoms with Crippen molar-refractivity contribution in [2.45, 2.75) is 18.8 Å². The van der Waals surface area contributed by atoms with Crippen molar-refractivity contribution in [3.63, 3.8) is 0 Å². The molecule has 0 unspecified atom stereocenters. The number of nitrogens with zero attached hydrogens (tertiary/aromatic N) is 5. The van der Waals surface area contributed by atoms with Crippen molar-refractivity contribution < 1.29 is 0 Å². The normalized spacial score (nSPS) is 18.8. The van der Waals surface area contributed by atoms with E-state index < -0.39 is 0 Å². The quantitative estimate of drug-likeness (QED) is 0.730. The Balaban J connectivity index is 1.29. The number of thiazole rings is 1. The fourth-order valence-electron chi connectivity index (χ4n) is 2.95. The van der Waals surface area contributed by atoms with Gasteiger partial charge in [-0.1, -0.05) is 23.5 Å². The summed E-state index contributed by atoms with van der Waals surface area (Å²) in [6.07, 6.45) is 2.53. The highest BCUT2D eigenvalue weighted by molar-refractivity contribution is 7.22. The molecule has 23 heavy (non-hydrogen) atoms. The number of hydrogen-bond donors (Lipinski definition) is 0. The highest BCUT2D eigenvalue weighted by Gasteiger charge is 2.29. The first-order valence-corrected chi connectivity index (χ1v) is 9.65. The minimum Gasteiger partial charge on any atom is -0.345 e. The summed E-state index contributed by atoms with van der Waals surface area (Å²) in [5.74, 6) is 1.71. The molecule has 2 aliphatic rings. The van der Waals surface area contributed by atoms with Crippen LogP contribution in [0.25, 0.3) is 10.2 Å². The Bertz CT molecular complexity index is 797. The summed E-state index contributed by atoms with van der Waals surface area (Å²) in [5.41, 5.74) is 1.10. The molecule has 0 spiro atoms. The fraction of sp³-hybridized carbons (Fsp3) is 0.438. The van der Waals surface area contributed by atoms with Gasteiger partial charge in [-0.3, -0.25) is 0 Å². The van der Waals surface area contributed by atoms with Crippen LogP contribution in [0.2, 0.25) is 0 Å². The topological polar surface area (TPSA) is 45.2 Å². The predicted octanol–water partition coefficient (Wildman–Crippen LogP) is 3.35. The zero-order valence-electron chi connectivity index (χ0n) is 12.7. The molecule has 2 aromatic heterocycles. The Hall–Kier alpha value is -1.73. The van der Waals surface area contributed by atoms with Crippen LogP contribution < -0.4 is 9.80 Å². The number of piperazine rings is 1. The number of anilines is 2. The summed E-state index contributed by atoms with van der Waals surface area (Å²) in [6.45, 7) is 3.99. The van der Waals surface area contributed by atoms with Crippen molar-refractivity contribution in [2.75, 3.05) is 36.0 Å². The van der Waals surface area contributed by atoms with E-state index in [1.807, 2.05) is 0 Å². The maximum absolute atomic E-state index is 4.77. The fourth-order valence-corrected chi connectivity index (χ4v) is 4.76. The molecule has 0 atom stereocenters. The molecular weight excluding hydrogens is 326 g/mol. The number of hydrogen-bond acceptors (Lipinski definition) is 7. The predicted molar refractivity (Wildman–Crippen MR) is 95.9 cm³/mol. The van der Waals surface area contributed by atoms with Crippen molar-refractivity contribution >= 4 is 43.3 Å². The Kier molecular flexibility index (Phi) is 3.22. The van der Waals surface area contributed by atoms with Crippen LogP contribution in [0.5, 0.6) is 0 Å². The molecule has 5 nitrogen and oxygen atoms in total. The maximum atomic E-state index is 4.77. The lowest BCUT2D eigenvalue weighted by molar-refractivity contribution is 0.650. The molecular formula is C16H17N5S2. The zero-order valence-corrected chi connectivity index (χ0v) is 14.3. The first-order chi connectivity index (χ1) is 11.4. The summed E-state index contributed by atoms with van der Waals surface area (Å²) in [7, 11) is 0. The molecule has 1 aromatic carbocycles. The van der Waals surface area contributed by atoms with Crippen molar-refractivity contribution in [1.82, 2.24) is 14.3 Å². The average molecular weight is 343 g/mol. The lowest BCUT2D eigenvalue weighted by atomic mass is 10.3. The number of para-hydroxylation sites is 1. The lowest BCUT2D eigenvalue weighted by Gasteiger charge is -2.34. The number of fused-ring (bicyclic) bond motifs is 1. The van der Waals surface area contributed by atoms with Crippen LogP contribution in [0.15, 0.2) is 24.3 Å². The molecule has 7 heteroatoms. The largest absolute Gasteiger partial charge is 0.345 e. The van der Waals surface area contributed by atoms with E-state index in [2.05, 4.69) is 38.4 Å². The van der Waals surface area contributed by atoms with E-state index in [4.69, 9.17) is 9.97 Å². The second kappa shape index (κ2) is 5.42. The van der Waals surface area contributed by atoms with Crippen LogP contribution in [0.3, 0.4) is 0 Å². The monoisotopic (exact) mass is 343 g/mol. The third-order valence-electron chi connectivity index (χ3n) is 4.48. The van der Waals surface area contributed by atoms with Crippen molar-refractivity contribution in [3.8, 4) is 0 Å². The summed E-state index contributed by atoms with van der Waals surface area (Å²) in [4.78, 5) is 14.3. The third-order valence-corrected chi connectivity index (χ3v) is 6.37. The molecule has 1 aliphatic carbocycles. The van der Waals surface area contributed by atoms with Crippen molar-refractivity contribution in [1.29, 1.82) is 0 Å². The van der Waals surface area contributed by atoms with E-state index in [-0.39, 0.29) is 0 Å². The Labute approximate surface area is 142 Å². The van der Waals surface area contributed by atoms with Crippen LogP contribution in [-0.2, 0) is 0 Å². The summed E-state index contributed by atoms with van der Waals surface area (Å²) >= 11 is 3.35. The van der Waals surface area contributed by atoms with E-state index in [0.29, 0.717) is 5.92 Å². The van der Waals surface area contributed by atoms with Gasteiger partial charge in [0.25, 0.3) is 0 Å².